The third kappa shape index (κ3) is 29.5. The standard InChI is InChI=1S/C9H16O6Si.C8H12O6Si.C8H16O4Si.C8H20O3Si/c1-5-6-16(13-7(2)10,14-8(3)11)15-9(4)12;1-5-15(12-6(2)9,13-7(3)10)14-8(4)11;1-5-13(6-2,11-7(3)9)12-8(4)10;1-5-9-12(8-4,10-6-2)11-7-3/h5-6H2,1-4H3;5H,1H2,2-4H3;5-6H2,1-4H3;5-8H2,1-4H3. The molecule has 0 aliphatic rings. The third-order valence-electron chi connectivity index (χ3n) is 5.82. The van der Waals surface area contributed by atoms with Crippen LogP contribution in [0.5, 0.6) is 0 Å². The highest BCUT2D eigenvalue weighted by Gasteiger charge is 2.51. The summed E-state index contributed by atoms with van der Waals surface area (Å²) < 4.78 is 55.7. The van der Waals surface area contributed by atoms with E-state index < -0.39 is 70.8 Å². The van der Waals surface area contributed by atoms with Gasteiger partial charge >= 0.3 is 35.0 Å². The Kier molecular flexibility index (Phi) is 33.0. The average Bonchev–Trinajstić information content (AvgIpc) is 3.03. The SMILES string of the molecule is C=C[Si](OC(C)=O)(OC(C)=O)OC(C)=O.CCC[Si](OC(C)=O)(OC(C)=O)OC(C)=O.CCO[Si](CC)(OCC)OCC.CC[Si](CC)(OC(C)=O)OC(C)=O. The molecule has 0 aromatic heterocycles. The molecule has 0 amide bonds. The topological polar surface area (TPSA) is 238 Å². The van der Waals surface area contributed by atoms with E-state index in [1.54, 1.807) is 6.92 Å². The maximum atomic E-state index is 10.9. The van der Waals surface area contributed by atoms with E-state index in [4.69, 9.17) is 48.7 Å². The maximum absolute atomic E-state index is 10.9. The minimum absolute atomic E-state index is 0.228. The van der Waals surface area contributed by atoms with E-state index in [9.17, 15) is 38.4 Å². The highest BCUT2D eigenvalue weighted by Crippen LogP contribution is 2.20. The van der Waals surface area contributed by atoms with Gasteiger partial charge in [0.15, 0.2) is 0 Å². The first-order valence-electron chi connectivity index (χ1n) is 17.9. The largest absolute Gasteiger partial charge is 0.734 e. The minimum Gasteiger partial charge on any atom is -0.485 e. The van der Waals surface area contributed by atoms with Crippen molar-refractivity contribution in [1.82, 2.24) is 0 Å². The van der Waals surface area contributed by atoms with Crippen molar-refractivity contribution in [3.8, 4) is 0 Å². The number of rotatable bonds is 20. The van der Waals surface area contributed by atoms with E-state index in [1.807, 2.05) is 41.5 Å². The first-order valence-corrected chi connectivity index (χ1v) is 25.8. The Labute approximate surface area is 335 Å². The molecule has 0 aliphatic carbocycles. The molecule has 0 aromatic carbocycles. The molecule has 0 atom stereocenters. The van der Waals surface area contributed by atoms with Crippen LogP contribution >= 0.6 is 0 Å². The molecule has 0 rings (SSSR count). The van der Waals surface area contributed by atoms with Crippen LogP contribution in [0, 0.1) is 0 Å². The fourth-order valence-corrected chi connectivity index (χ4v) is 12.4. The Bertz CT molecular complexity index is 1140. The molecule has 0 aromatic rings. The number of hydrogen-bond acceptors (Lipinski definition) is 19. The second kappa shape index (κ2) is 31.3. The van der Waals surface area contributed by atoms with Crippen LogP contribution < -0.4 is 0 Å². The Morgan fingerprint density at radius 1 is 0.411 bits per heavy atom. The van der Waals surface area contributed by atoms with E-state index in [0.29, 0.717) is 38.3 Å². The van der Waals surface area contributed by atoms with Crippen molar-refractivity contribution in [2.45, 2.75) is 134 Å². The van der Waals surface area contributed by atoms with Crippen molar-refractivity contribution in [2.24, 2.45) is 0 Å². The number of hydrogen-bond donors (Lipinski definition) is 0. The molecule has 0 bridgehead atoms. The Hall–Kier alpha value is -3.75. The van der Waals surface area contributed by atoms with Crippen LogP contribution in [0.1, 0.15) is 110 Å². The van der Waals surface area contributed by atoms with Crippen molar-refractivity contribution < 1.29 is 87.0 Å². The second-order valence-electron chi connectivity index (χ2n) is 10.9. The van der Waals surface area contributed by atoms with Crippen LogP contribution in [0.2, 0.25) is 24.2 Å². The normalized spacial score (nSPS) is 10.8. The van der Waals surface area contributed by atoms with Gasteiger partial charge in [-0.25, -0.2) is 0 Å². The van der Waals surface area contributed by atoms with Gasteiger partial charge in [-0.3, -0.25) is 38.4 Å². The number of carbonyl (C=O) groups excluding carboxylic acids is 8. The molecule has 0 saturated heterocycles. The Morgan fingerprint density at radius 3 is 0.839 bits per heavy atom. The highest BCUT2D eigenvalue weighted by atomic mass is 28.4. The molecule has 0 N–H and O–H groups in total. The van der Waals surface area contributed by atoms with E-state index in [2.05, 4.69) is 6.58 Å². The summed E-state index contributed by atoms with van der Waals surface area (Å²) in [7, 11) is -12.1. The summed E-state index contributed by atoms with van der Waals surface area (Å²) >= 11 is 0. The van der Waals surface area contributed by atoms with E-state index in [1.165, 1.54) is 34.6 Å². The molecule has 0 spiro atoms. The first kappa shape index (κ1) is 58.9. The lowest BCUT2D eigenvalue weighted by molar-refractivity contribution is -0.150. The molecular formula is C33H64O19Si4. The smallest absolute Gasteiger partial charge is 0.485 e. The van der Waals surface area contributed by atoms with Gasteiger partial charge in [0.1, 0.15) is 0 Å². The van der Waals surface area contributed by atoms with Gasteiger partial charge in [0.05, 0.1) is 6.04 Å². The van der Waals surface area contributed by atoms with Crippen molar-refractivity contribution in [1.29, 1.82) is 0 Å². The van der Waals surface area contributed by atoms with Gasteiger partial charge in [-0.15, -0.1) is 0 Å². The number of carbonyl (C=O) groups is 8. The van der Waals surface area contributed by atoms with Crippen LogP contribution in [0.3, 0.4) is 0 Å². The van der Waals surface area contributed by atoms with Crippen LogP contribution in [-0.2, 0) is 87.0 Å². The van der Waals surface area contributed by atoms with Crippen molar-refractivity contribution in [3.63, 3.8) is 0 Å². The molecule has 56 heavy (non-hydrogen) atoms. The fourth-order valence-electron chi connectivity index (χ4n) is 4.14. The van der Waals surface area contributed by atoms with Gasteiger partial charge in [0.25, 0.3) is 47.8 Å². The lowest BCUT2D eigenvalue weighted by Gasteiger charge is -2.26. The van der Waals surface area contributed by atoms with Gasteiger partial charge in [0.2, 0.25) is 0 Å². The van der Waals surface area contributed by atoms with E-state index in [0.717, 1.165) is 32.5 Å². The summed E-state index contributed by atoms with van der Waals surface area (Å²) in [5.74, 6) is -4.82. The molecule has 19 nitrogen and oxygen atoms in total. The van der Waals surface area contributed by atoms with Crippen LogP contribution in [0.15, 0.2) is 12.3 Å². The zero-order valence-corrected chi connectivity index (χ0v) is 39.7. The van der Waals surface area contributed by atoms with E-state index >= 15 is 0 Å². The molecule has 0 aliphatic heterocycles. The molecule has 23 heteroatoms. The minimum atomic E-state index is -3.74. The first-order chi connectivity index (χ1) is 25.8. The zero-order valence-electron chi connectivity index (χ0n) is 35.7. The molecule has 326 valence electrons. The van der Waals surface area contributed by atoms with Crippen LogP contribution in [0.25, 0.3) is 0 Å². The predicted octanol–water partition coefficient (Wildman–Crippen LogP) is 5.01. The Balaban J connectivity index is -0.000000324. The summed E-state index contributed by atoms with van der Waals surface area (Å²) in [6.07, 6.45) is 0.570. The molecule has 0 fully saturated rings. The second-order valence-corrected chi connectivity index (χ2v) is 22.2. The average molecular weight is 877 g/mol. The van der Waals surface area contributed by atoms with E-state index in [-0.39, 0.29) is 18.0 Å². The van der Waals surface area contributed by atoms with Gasteiger partial charge in [-0.2, -0.15) is 0 Å². The predicted molar refractivity (Wildman–Crippen MR) is 209 cm³/mol. The summed E-state index contributed by atoms with van der Waals surface area (Å²) in [4.78, 5) is 86.6. The molecule has 0 unspecified atom stereocenters. The van der Waals surface area contributed by atoms with Crippen LogP contribution in [0.4, 0.5) is 0 Å². The quantitative estimate of drug-likeness (QED) is 0.146. The fraction of sp³-hybridized carbons (Fsp3) is 0.697. The third-order valence-corrected chi connectivity index (χ3v) is 17.5. The van der Waals surface area contributed by atoms with Crippen molar-refractivity contribution in [2.75, 3.05) is 19.8 Å². The van der Waals surface area contributed by atoms with Gasteiger partial charge in [-0.05, 0) is 27.2 Å². The summed E-state index contributed by atoms with van der Waals surface area (Å²) in [6.45, 7) is 28.3. The molecule has 0 saturated carbocycles. The lowest BCUT2D eigenvalue weighted by atomic mass is 10.6. The highest BCUT2D eigenvalue weighted by molar-refractivity contribution is 6.71. The monoisotopic (exact) mass is 876 g/mol. The van der Waals surface area contributed by atoms with Gasteiger partial charge in [-0.1, -0.05) is 34.3 Å². The van der Waals surface area contributed by atoms with Crippen molar-refractivity contribution in [3.05, 3.63) is 12.3 Å². The van der Waals surface area contributed by atoms with Gasteiger partial charge in [0, 0.05) is 99.0 Å². The maximum Gasteiger partial charge on any atom is 0.734 e. The van der Waals surface area contributed by atoms with Crippen LogP contribution in [-0.4, -0.2) is 103 Å². The summed E-state index contributed by atoms with van der Waals surface area (Å²) in [5, 5.41) is 0. The Morgan fingerprint density at radius 2 is 0.679 bits per heavy atom. The van der Waals surface area contributed by atoms with Gasteiger partial charge < -0.3 is 48.7 Å². The summed E-state index contributed by atoms with van der Waals surface area (Å²) in [6, 6.07) is 2.28. The zero-order chi connectivity index (χ0) is 44.8. The lowest BCUT2D eigenvalue weighted by Crippen LogP contribution is -2.49. The summed E-state index contributed by atoms with van der Waals surface area (Å²) in [5.41, 5.74) is 1.04. The molecule has 0 radical (unpaired) electrons. The molecular weight excluding hydrogens is 813 g/mol. The van der Waals surface area contributed by atoms with Crippen molar-refractivity contribution >= 4 is 82.7 Å². The molecule has 0 heterocycles.